The van der Waals surface area contributed by atoms with Crippen LogP contribution in [0.3, 0.4) is 0 Å². The van der Waals surface area contributed by atoms with Gasteiger partial charge in [-0.3, -0.25) is 0 Å². The number of benzene rings is 1. The number of allylic oxidation sites excluding steroid dienone is 1. The lowest BCUT2D eigenvalue weighted by atomic mass is 10.1. The fraction of sp³-hybridized carbons (Fsp3) is 0.375. The Morgan fingerprint density at radius 2 is 1.80 bits per heavy atom. The van der Waals surface area contributed by atoms with Crippen LogP contribution in [-0.4, -0.2) is 20.1 Å². The summed E-state index contributed by atoms with van der Waals surface area (Å²) in [6.45, 7) is 7.51. The van der Waals surface area contributed by atoms with Crippen molar-refractivity contribution in [1.82, 2.24) is 0 Å². The predicted molar refractivity (Wildman–Crippen MR) is 80.2 cm³/mol. The fourth-order valence-electron chi connectivity index (χ4n) is 2.24. The maximum Gasteiger partial charge on any atom is 0.205 e. The molecule has 0 fully saturated rings. The highest BCUT2D eigenvalue weighted by atomic mass is 32.2. The van der Waals surface area contributed by atoms with Gasteiger partial charge < -0.3 is 4.74 Å². The number of aryl methyl sites for hydroxylation is 1. The normalized spacial score (nSPS) is 22.2. The average molecular weight is 292 g/mol. The molecule has 2 rings (SSSR count). The Morgan fingerprint density at radius 3 is 2.35 bits per heavy atom. The van der Waals surface area contributed by atoms with Crippen molar-refractivity contribution in [2.75, 3.05) is 0 Å². The van der Waals surface area contributed by atoms with Gasteiger partial charge in [0.1, 0.15) is 6.10 Å². The minimum Gasteiger partial charge on any atom is -0.359 e. The van der Waals surface area contributed by atoms with Gasteiger partial charge in [-0.25, -0.2) is 8.42 Å². The van der Waals surface area contributed by atoms with E-state index in [0.717, 1.165) is 5.56 Å². The molecule has 0 saturated carbocycles. The van der Waals surface area contributed by atoms with E-state index in [1.165, 1.54) is 0 Å². The van der Waals surface area contributed by atoms with Crippen LogP contribution in [0.4, 0.5) is 0 Å². The second kappa shape index (κ2) is 5.19. The lowest BCUT2D eigenvalue weighted by Crippen LogP contribution is -2.21. The Hall–Kier alpha value is -1.39. The third kappa shape index (κ3) is 2.86. The Morgan fingerprint density at radius 1 is 1.20 bits per heavy atom. The van der Waals surface area contributed by atoms with E-state index >= 15 is 0 Å². The molecule has 1 aromatic rings. The van der Waals surface area contributed by atoms with Gasteiger partial charge in [0.05, 0.1) is 15.4 Å². The standard InChI is InChI=1S/C16H20O3S/c1-5-6-14-15(11-16(3,4)19-14)20(17,18)13-9-7-12(2)8-10-13/h5-11,14H,1-4H3/b6-5+. The average Bonchev–Trinajstić information content (AvgIpc) is 2.66. The summed E-state index contributed by atoms with van der Waals surface area (Å²) in [6.07, 6.45) is 4.77. The number of ether oxygens (including phenoxy) is 1. The van der Waals surface area contributed by atoms with E-state index < -0.39 is 21.5 Å². The largest absolute Gasteiger partial charge is 0.359 e. The topological polar surface area (TPSA) is 43.4 Å². The van der Waals surface area contributed by atoms with Crippen LogP contribution in [0.25, 0.3) is 0 Å². The van der Waals surface area contributed by atoms with Gasteiger partial charge in [-0.05, 0) is 45.9 Å². The second-order valence-corrected chi connectivity index (χ2v) is 7.48. The van der Waals surface area contributed by atoms with Crippen molar-refractivity contribution < 1.29 is 13.2 Å². The van der Waals surface area contributed by atoms with Gasteiger partial charge in [0.25, 0.3) is 0 Å². The molecule has 0 aromatic heterocycles. The highest BCUT2D eigenvalue weighted by Crippen LogP contribution is 2.35. The SMILES string of the molecule is C/C=C/C1OC(C)(C)C=C1S(=O)(=O)c1ccc(C)cc1. The Kier molecular flexibility index (Phi) is 3.89. The molecular formula is C16H20O3S. The van der Waals surface area contributed by atoms with Crippen molar-refractivity contribution in [3.63, 3.8) is 0 Å². The second-order valence-electron chi connectivity index (χ2n) is 5.53. The summed E-state index contributed by atoms with van der Waals surface area (Å²) < 4.78 is 31.2. The molecular weight excluding hydrogens is 272 g/mol. The molecule has 0 radical (unpaired) electrons. The van der Waals surface area contributed by atoms with Crippen LogP contribution in [-0.2, 0) is 14.6 Å². The van der Waals surface area contributed by atoms with E-state index in [1.54, 1.807) is 36.4 Å². The fourth-order valence-corrected chi connectivity index (χ4v) is 3.88. The van der Waals surface area contributed by atoms with Gasteiger partial charge in [-0.15, -0.1) is 0 Å². The van der Waals surface area contributed by atoms with Crippen LogP contribution in [0.5, 0.6) is 0 Å². The zero-order valence-corrected chi connectivity index (χ0v) is 13.1. The van der Waals surface area contributed by atoms with E-state index in [4.69, 9.17) is 4.74 Å². The van der Waals surface area contributed by atoms with Crippen LogP contribution >= 0.6 is 0 Å². The minimum absolute atomic E-state index is 0.310. The molecule has 1 aliphatic rings. The third-order valence-electron chi connectivity index (χ3n) is 3.21. The highest BCUT2D eigenvalue weighted by molar-refractivity contribution is 7.95. The summed E-state index contributed by atoms with van der Waals surface area (Å²) >= 11 is 0. The molecule has 1 unspecified atom stereocenters. The minimum atomic E-state index is -3.51. The van der Waals surface area contributed by atoms with Gasteiger partial charge in [0, 0.05) is 0 Å². The molecule has 0 amide bonds. The van der Waals surface area contributed by atoms with Gasteiger partial charge >= 0.3 is 0 Å². The molecule has 108 valence electrons. The van der Waals surface area contributed by atoms with E-state index in [2.05, 4.69) is 0 Å². The van der Waals surface area contributed by atoms with E-state index in [0.29, 0.717) is 9.80 Å². The van der Waals surface area contributed by atoms with Crippen LogP contribution in [0.15, 0.2) is 52.3 Å². The van der Waals surface area contributed by atoms with Crippen LogP contribution in [0.1, 0.15) is 26.3 Å². The summed E-state index contributed by atoms with van der Waals surface area (Å²) in [4.78, 5) is 0.634. The number of sulfone groups is 1. The zero-order chi connectivity index (χ0) is 15.0. The van der Waals surface area contributed by atoms with Crippen molar-refractivity contribution >= 4 is 9.84 Å². The molecule has 1 heterocycles. The van der Waals surface area contributed by atoms with Crippen molar-refractivity contribution in [3.05, 3.63) is 53.0 Å². The molecule has 0 spiro atoms. The van der Waals surface area contributed by atoms with Gasteiger partial charge in [-0.1, -0.05) is 29.8 Å². The molecule has 0 bridgehead atoms. The lowest BCUT2D eigenvalue weighted by Gasteiger charge is -2.17. The molecule has 0 aliphatic carbocycles. The molecule has 0 saturated heterocycles. The summed E-state index contributed by atoms with van der Waals surface area (Å²) in [7, 11) is -3.51. The first kappa shape index (κ1) is 15.0. The van der Waals surface area contributed by atoms with Crippen LogP contribution in [0.2, 0.25) is 0 Å². The van der Waals surface area contributed by atoms with E-state index in [-0.39, 0.29) is 0 Å². The molecule has 1 aromatic carbocycles. The van der Waals surface area contributed by atoms with Crippen molar-refractivity contribution in [2.45, 2.75) is 44.3 Å². The van der Waals surface area contributed by atoms with Crippen molar-refractivity contribution in [3.8, 4) is 0 Å². The molecule has 1 aliphatic heterocycles. The monoisotopic (exact) mass is 292 g/mol. The van der Waals surface area contributed by atoms with Gasteiger partial charge in [0.2, 0.25) is 9.84 Å². The predicted octanol–water partition coefficient (Wildman–Crippen LogP) is 3.41. The summed E-state index contributed by atoms with van der Waals surface area (Å²) in [6, 6.07) is 6.89. The van der Waals surface area contributed by atoms with Gasteiger partial charge in [-0.2, -0.15) is 0 Å². The van der Waals surface area contributed by atoms with Crippen LogP contribution < -0.4 is 0 Å². The van der Waals surface area contributed by atoms with Gasteiger partial charge in [0.15, 0.2) is 0 Å². The molecule has 0 N–H and O–H groups in total. The number of rotatable bonds is 3. The Balaban J connectivity index is 2.49. The van der Waals surface area contributed by atoms with Crippen molar-refractivity contribution in [1.29, 1.82) is 0 Å². The number of hydrogen-bond donors (Lipinski definition) is 0. The Bertz CT molecular complexity index is 649. The Labute approximate surface area is 120 Å². The molecule has 3 nitrogen and oxygen atoms in total. The summed E-state index contributed by atoms with van der Waals surface area (Å²) in [5, 5.41) is 0. The van der Waals surface area contributed by atoms with Crippen molar-refractivity contribution in [2.24, 2.45) is 0 Å². The van der Waals surface area contributed by atoms with E-state index in [9.17, 15) is 8.42 Å². The first-order valence-corrected chi connectivity index (χ1v) is 8.10. The third-order valence-corrected chi connectivity index (χ3v) is 5.07. The van der Waals surface area contributed by atoms with E-state index in [1.807, 2.05) is 33.8 Å². The molecule has 20 heavy (non-hydrogen) atoms. The summed E-state index contributed by atoms with van der Waals surface area (Å²) in [5.74, 6) is 0. The quantitative estimate of drug-likeness (QED) is 0.802. The number of hydrogen-bond acceptors (Lipinski definition) is 3. The maximum atomic E-state index is 12.7. The maximum absolute atomic E-state index is 12.7. The first-order chi connectivity index (χ1) is 9.26. The molecule has 4 heteroatoms. The lowest BCUT2D eigenvalue weighted by molar-refractivity contribution is 0.0222. The zero-order valence-electron chi connectivity index (χ0n) is 12.3. The summed E-state index contributed by atoms with van der Waals surface area (Å²) in [5.41, 5.74) is 0.461. The highest BCUT2D eigenvalue weighted by Gasteiger charge is 2.38. The smallest absolute Gasteiger partial charge is 0.205 e. The van der Waals surface area contributed by atoms with Crippen LogP contribution in [0, 0.1) is 6.92 Å². The molecule has 1 atom stereocenters. The first-order valence-electron chi connectivity index (χ1n) is 6.61.